The average Bonchev–Trinajstić information content (AvgIpc) is 2.91. The number of carbonyl (C=O) groups excluding carboxylic acids is 1. The van der Waals surface area contributed by atoms with Crippen molar-refractivity contribution >= 4 is 39.2 Å². The molecule has 2 amide bonds. The second kappa shape index (κ2) is 6.53. The molecule has 2 aromatic rings. The molecule has 0 aliphatic rings. The monoisotopic (exact) mass is 307 g/mol. The molecule has 0 fully saturated rings. The topological polar surface area (TPSA) is 91.3 Å². The molecule has 21 heavy (non-hydrogen) atoms. The molecule has 3 N–H and O–H groups in total. The van der Waals surface area contributed by atoms with Crippen LogP contribution in [0.1, 0.15) is 20.3 Å². The summed E-state index contributed by atoms with van der Waals surface area (Å²) in [5.41, 5.74) is 3.21. The second-order valence-corrected chi connectivity index (χ2v) is 5.72. The lowest BCUT2D eigenvalue weighted by atomic mass is 9.99. The molecule has 0 aliphatic heterocycles. The Bertz CT molecular complexity index is 656. The van der Waals surface area contributed by atoms with Crippen molar-refractivity contribution in [2.75, 3.05) is 5.32 Å². The fraction of sp³-hybridized carbons (Fsp3) is 0.357. The minimum Gasteiger partial charge on any atom is -0.480 e. The number of amides is 2. The molecule has 1 aromatic carbocycles. The van der Waals surface area contributed by atoms with E-state index in [1.165, 1.54) is 11.3 Å². The molecule has 0 saturated heterocycles. The van der Waals surface area contributed by atoms with Crippen LogP contribution in [0, 0.1) is 5.92 Å². The van der Waals surface area contributed by atoms with Gasteiger partial charge in [-0.3, -0.25) is 0 Å². The third kappa shape index (κ3) is 3.69. The van der Waals surface area contributed by atoms with Crippen LogP contribution in [0.15, 0.2) is 23.7 Å². The van der Waals surface area contributed by atoms with Crippen molar-refractivity contribution in [1.82, 2.24) is 10.3 Å². The highest BCUT2D eigenvalue weighted by Crippen LogP contribution is 2.21. The summed E-state index contributed by atoms with van der Waals surface area (Å²) < 4.78 is 0.963. The van der Waals surface area contributed by atoms with E-state index in [9.17, 15) is 9.59 Å². The van der Waals surface area contributed by atoms with Gasteiger partial charge in [0, 0.05) is 5.69 Å². The number of thiazole rings is 1. The van der Waals surface area contributed by atoms with Crippen LogP contribution in [0.3, 0.4) is 0 Å². The molecule has 112 valence electrons. The molecule has 1 aromatic heterocycles. The number of hydrogen-bond acceptors (Lipinski definition) is 4. The Hall–Kier alpha value is -2.15. The molecule has 0 saturated carbocycles. The van der Waals surface area contributed by atoms with Crippen molar-refractivity contribution < 1.29 is 14.7 Å². The molecule has 0 bridgehead atoms. The number of carbonyl (C=O) groups is 2. The number of nitrogens with one attached hydrogen (secondary N) is 2. The van der Waals surface area contributed by atoms with E-state index < -0.39 is 18.0 Å². The third-order valence-corrected chi connectivity index (χ3v) is 4.15. The van der Waals surface area contributed by atoms with E-state index in [2.05, 4.69) is 15.6 Å². The number of anilines is 1. The molecule has 1 heterocycles. The minimum atomic E-state index is -1.03. The van der Waals surface area contributed by atoms with Gasteiger partial charge in [-0.2, -0.15) is 0 Å². The van der Waals surface area contributed by atoms with Gasteiger partial charge in [0.1, 0.15) is 6.04 Å². The number of benzene rings is 1. The average molecular weight is 307 g/mol. The van der Waals surface area contributed by atoms with Gasteiger partial charge in [-0.25, -0.2) is 14.6 Å². The number of fused-ring (bicyclic) bond motifs is 1. The van der Waals surface area contributed by atoms with E-state index in [4.69, 9.17) is 5.11 Å². The third-order valence-electron chi connectivity index (χ3n) is 3.35. The zero-order valence-corrected chi connectivity index (χ0v) is 12.6. The van der Waals surface area contributed by atoms with Crippen molar-refractivity contribution in [2.45, 2.75) is 26.3 Å². The van der Waals surface area contributed by atoms with Crippen LogP contribution in [0.5, 0.6) is 0 Å². The van der Waals surface area contributed by atoms with Crippen LogP contribution < -0.4 is 10.6 Å². The maximum absolute atomic E-state index is 11.9. The van der Waals surface area contributed by atoms with Crippen molar-refractivity contribution in [3.8, 4) is 0 Å². The highest BCUT2D eigenvalue weighted by molar-refractivity contribution is 7.16. The summed E-state index contributed by atoms with van der Waals surface area (Å²) in [6, 6.07) is 3.94. The molecule has 0 spiro atoms. The van der Waals surface area contributed by atoms with Gasteiger partial charge in [0.2, 0.25) is 0 Å². The SMILES string of the molecule is CC[C@H](C)[C@H](NC(=O)Nc1ccc2ncsc2c1)C(=O)O. The highest BCUT2D eigenvalue weighted by Gasteiger charge is 2.25. The lowest BCUT2D eigenvalue weighted by molar-refractivity contribution is -0.140. The molecular formula is C14H17N3O3S. The summed E-state index contributed by atoms with van der Waals surface area (Å²) in [5.74, 6) is -1.17. The zero-order valence-electron chi connectivity index (χ0n) is 11.8. The van der Waals surface area contributed by atoms with Gasteiger partial charge in [0.25, 0.3) is 0 Å². The Morgan fingerprint density at radius 2 is 2.19 bits per heavy atom. The number of carboxylic acid groups (broad SMARTS) is 1. The van der Waals surface area contributed by atoms with Crippen LogP contribution in [0.25, 0.3) is 10.2 Å². The second-order valence-electron chi connectivity index (χ2n) is 4.83. The van der Waals surface area contributed by atoms with Crippen LogP contribution in [-0.4, -0.2) is 28.1 Å². The molecule has 6 nitrogen and oxygen atoms in total. The Labute approximate surface area is 126 Å². The van der Waals surface area contributed by atoms with Crippen LogP contribution >= 0.6 is 11.3 Å². The summed E-state index contributed by atoms with van der Waals surface area (Å²) in [6.07, 6.45) is 0.671. The first-order valence-electron chi connectivity index (χ1n) is 6.64. The molecular weight excluding hydrogens is 290 g/mol. The maximum Gasteiger partial charge on any atom is 0.326 e. The summed E-state index contributed by atoms with van der Waals surface area (Å²) >= 11 is 1.48. The van der Waals surface area contributed by atoms with Gasteiger partial charge in [0.15, 0.2) is 0 Å². The molecule has 2 atom stereocenters. The standard InChI is InChI=1S/C14H17N3O3S/c1-3-8(2)12(13(18)19)17-14(20)16-9-4-5-10-11(6-9)21-7-15-10/h4-8,12H,3H2,1-2H3,(H,18,19)(H2,16,17,20)/t8-,12-/m0/s1. The summed E-state index contributed by atoms with van der Waals surface area (Å²) in [6.45, 7) is 3.68. The predicted octanol–water partition coefficient (Wildman–Crippen LogP) is 2.92. The molecule has 0 aliphatic carbocycles. The molecule has 7 heteroatoms. The van der Waals surface area contributed by atoms with Crippen LogP contribution in [0.4, 0.5) is 10.5 Å². The van der Waals surface area contributed by atoms with Crippen LogP contribution in [0.2, 0.25) is 0 Å². The van der Waals surface area contributed by atoms with Gasteiger partial charge in [-0.05, 0) is 24.1 Å². The number of nitrogens with zero attached hydrogens (tertiary/aromatic N) is 1. The van der Waals surface area contributed by atoms with E-state index >= 15 is 0 Å². The predicted molar refractivity (Wildman–Crippen MR) is 82.7 cm³/mol. The van der Waals surface area contributed by atoms with Gasteiger partial charge in [-0.15, -0.1) is 11.3 Å². The Balaban J connectivity index is 2.04. The van der Waals surface area contributed by atoms with Crippen molar-refractivity contribution in [1.29, 1.82) is 0 Å². The van der Waals surface area contributed by atoms with E-state index in [0.717, 1.165) is 10.2 Å². The first kappa shape index (κ1) is 15.2. The lowest BCUT2D eigenvalue weighted by Crippen LogP contribution is -2.46. The number of aliphatic carboxylic acids is 1. The normalized spacial score (nSPS) is 13.6. The van der Waals surface area contributed by atoms with Crippen molar-refractivity contribution in [3.05, 3.63) is 23.7 Å². The number of rotatable bonds is 5. The smallest absolute Gasteiger partial charge is 0.326 e. The quantitative estimate of drug-likeness (QED) is 0.792. The molecule has 2 rings (SSSR count). The zero-order chi connectivity index (χ0) is 15.4. The van der Waals surface area contributed by atoms with Gasteiger partial charge in [-0.1, -0.05) is 20.3 Å². The molecule has 0 radical (unpaired) electrons. The van der Waals surface area contributed by atoms with Crippen molar-refractivity contribution in [3.63, 3.8) is 0 Å². The van der Waals surface area contributed by atoms with E-state index in [1.54, 1.807) is 18.5 Å². The minimum absolute atomic E-state index is 0.141. The Morgan fingerprint density at radius 3 is 2.86 bits per heavy atom. The number of hydrogen-bond donors (Lipinski definition) is 3. The number of carboxylic acids is 1. The van der Waals surface area contributed by atoms with Gasteiger partial charge in [0.05, 0.1) is 15.7 Å². The van der Waals surface area contributed by atoms with Gasteiger partial charge >= 0.3 is 12.0 Å². The summed E-state index contributed by atoms with van der Waals surface area (Å²) in [4.78, 5) is 27.3. The first-order chi connectivity index (χ1) is 10.0. The van der Waals surface area contributed by atoms with E-state index in [-0.39, 0.29) is 5.92 Å². The molecule has 0 unspecified atom stereocenters. The Morgan fingerprint density at radius 1 is 1.43 bits per heavy atom. The first-order valence-corrected chi connectivity index (χ1v) is 7.52. The summed E-state index contributed by atoms with van der Waals surface area (Å²) in [7, 11) is 0. The van der Waals surface area contributed by atoms with Crippen LogP contribution in [-0.2, 0) is 4.79 Å². The fourth-order valence-electron chi connectivity index (χ4n) is 1.92. The number of urea groups is 1. The summed E-state index contributed by atoms with van der Waals surface area (Å²) in [5, 5.41) is 14.3. The highest BCUT2D eigenvalue weighted by atomic mass is 32.1. The maximum atomic E-state index is 11.9. The van der Waals surface area contributed by atoms with Gasteiger partial charge < -0.3 is 15.7 Å². The van der Waals surface area contributed by atoms with E-state index in [1.807, 2.05) is 19.1 Å². The number of aromatic nitrogens is 1. The Kier molecular flexibility index (Phi) is 4.74. The van der Waals surface area contributed by atoms with Crippen molar-refractivity contribution in [2.24, 2.45) is 5.92 Å². The largest absolute Gasteiger partial charge is 0.480 e. The fourth-order valence-corrected chi connectivity index (χ4v) is 2.64. The lowest BCUT2D eigenvalue weighted by Gasteiger charge is -2.20. The van der Waals surface area contributed by atoms with E-state index in [0.29, 0.717) is 12.1 Å².